The van der Waals surface area contributed by atoms with Crippen LogP contribution in [-0.4, -0.2) is 62.6 Å². The van der Waals surface area contributed by atoms with Crippen LogP contribution < -0.4 is 10.6 Å². The van der Waals surface area contributed by atoms with Crippen molar-refractivity contribution in [3.8, 4) is 0 Å². The number of hydrogen-bond donors (Lipinski definition) is 3. The summed E-state index contributed by atoms with van der Waals surface area (Å²) in [7, 11) is 0. The number of rotatable bonds is 8. The van der Waals surface area contributed by atoms with Crippen molar-refractivity contribution < 1.29 is 29.0 Å². The van der Waals surface area contributed by atoms with Gasteiger partial charge in [-0.1, -0.05) is 30.3 Å². The molecule has 0 bridgehead atoms. The summed E-state index contributed by atoms with van der Waals surface area (Å²) in [5.74, 6) is -2.46. The summed E-state index contributed by atoms with van der Waals surface area (Å²) in [6.07, 6.45) is 1.26. The number of carboxylic acids is 1. The maximum absolute atomic E-state index is 13.2. The number of hydrogen-bond acceptors (Lipinski definition) is 7. The maximum atomic E-state index is 13.2. The Morgan fingerprint density at radius 1 is 1.28 bits per heavy atom. The number of carbonyl (C=O) groups excluding carboxylic acids is 3. The predicted octanol–water partition coefficient (Wildman–Crippen LogP) is 1.42. The molecule has 2 aliphatic rings. The number of carbonyl (C=O) groups is 4. The SMILES string of the molecule is CCOC(=O)C=C(C)NC(C(=O)N[C@@H]1C(=O)N2[C@@H]1SC(C)(C)[C@@H]2C(=O)O)c1ccccc1. The van der Waals surface area contributed by atoms with Gasteiger partial charge in [0, 0.05) is 16.5 Å². The second-order valence-electron chi connectivity index (χ2n) is 8.15. The lowest BCUT2D eigenvalue weighted by atomic mass is 9.95. The lowest BCUT2D eigenvalue weighted by molar-refractivity contribution is -0.161. The van der Waals surface area contributed by atoms with Crippen LogP contribution in [-0.2, 0) is 23.9 Å². The van der Waals surface area contributed by atoms with Gasteiger partial charge in [0.2, 0.25) is 11.8 Å². The fourth-order valence-corrected chi connectivity index (χ4v) is 5.58. The quantitative estimate of drug-likeness (QED) is 0.302. The standard InChI is InChI=1S/C22H27N3O6S/c1-5-31-14(26)11-12(2)23-15(13-9-7-6-8-10-13)18(27)24-16-19(28)25-17(21(29)30)22(3,4)32-20(16)25/h6-11,15-17,20,23H,5H2,1-4H3,(H,24,27)(H,29,30)/t15?,16-,17+,20-/m1/s1. The molecule has 10 heteroatoms. The molecule has 4 atom stereocenters. The zero-order valence-corrected chi connectivity index (χ0v) is 19.1. The molecule has 0 aliphatic carbocycles. The molecule has 1 aromatic carbocycles. The van der Waals surface area contributed by atoms with Gasteiger partial charge in [-0.3, -0.25) is 9.59 Å². The summed E-state index contributed by atoms with van der Waals surface area (Å²) in [6.45, 7) is 7.13. The molecule has 2 saturated heterocycles. The first-order valence-corrected chi connectivity index (χ1v) is 11.1. The number of benzene rings is 1. The Balaban J connectivity index is 1.77. The summed E-state index contributed by atoms with van der Waals surface area (Å²) in [4.78, 5) is 50.7. The molecule has 9 nitrogen and oxygen atoms in total. The van der Waals surface area contributed by atoms with Gasteiger partial charge >= 0.3 is 11.9 Å². The fraction of sp³-hybridized carbons (Fsp3) is 0.455. The molecule has 32 heavy (non-hydrogen) atoms. The Bertz CT molecular complexity index is 948. The lowest BCUT2D eigenvalue weighted by Gasteiger charge is -2.44. The van der Waals surface area contributed by atoms with Crippen LogP contribution in [0.5, 0.6) is 0 Å². The molecule has 3 N–H and O–H groups in total. The topological polar surface area (TPSA) is 125 Å². The van der Waals surface area contributed by atoms with Crippen LogP contribution in [0.3, 0.4) is 0 Å². The number of amides is 2. The van der Waals surface area contributed by atoms with E-state index in [0.717, 1.165) is 0 Å². The average Bonchev–Trinajstić information content (AvgIpc) is 2.98. The molecular formula is C22H27N3O6S. The highest BCUT2D eigenvalue weighted by Crippen LogP contribution is 2.50. The van der Waals surface area contributed by atoms with E-state index in [4.69, 9.17) is 4.74 Å². The summed E-state index contributed by atoms with van der Waals surface area (Å²) < 4.78 is 4.23. The van der Waals surface area contributed by atoms with Crippen molar-refractivity contribution in [2.45, 2.75) is 55.9 Å². The number of aliphatic carboxylic acids is 1. The molecule has 2 amide bonds. The molecule has 2 aliphatic heterocycles. The van der Waals surface area contributed by atoms with E-state index in [2.05, 4.69) is 10.6 Å². The van der Waals surface area contributed by atoms with Gasteiger partial charge in [-0.2, -0.15) is 0 Å². The van der Waals surface area contributed by atoms with E-state index in [9.17, 15) is 24.3 Å². The highest BCUT2D eigenvalue weighted by atomic mass is 32.2. The van der Waals surface area contributed by atoms with E-state index in [1.54, 1.807) is 52.0 Å². The van der Waals surface area contributed by atoms with E-state index in [1.165, 1.54) is 22.7 Å². The number of β-lactam (4-membered cyclic amide) rings is 1. The number of allylic oxidation sites excluding steroid dienone is 1. The van der Waals surface area contributed by atoms with Crippen LogP contribution in [0.2, 0.25) is 0 Å². The minimum absolute atomic E-state index is 0.234. The van der Waals surface area contributed by atoms with Crippen LogP contribution in [0.4, 0.5) is 0 Å². The Hall–Kier alpha value is -3.01. The third-order valence-electron chi connectivity index (χ3n) is 5.36. The molecule has 0 aromatic heterocycles. The van der Waals surface area contributed by atoms with Crippen molar-refractivity contribution in [3.63, 3.8) is 0 Å². The second kappa shape index (κ2) is 9.23. The van der Waals surface area contributed by atoms with Gasteiger partial charge in [-0.05, 0) is 33.3 Å². The van der Waals surface area contributed by atoms with E-state index < -0.39 is 52.0 Å². The van der Waals surface area contributed by atoms with Crippen molar-refractivity contribution in [1.29, 1.82) is 0 Å². The van der Waals surface area contributed by atoms with Crippen LogP contribution in [0, 0.1) is 0 Å². The average molecular weight is 462 g/mol. The second-order valence-corrected chi connectivity index (χ2v) is 9.92. The maximum Gasteiger partial charge on any atom is 0.332 e. The van der Waals surface area contributed by atoms with E-state index >= 15 is 0 Å². The normalized spacial score (nSPS) is 24.8. The minimum Gasteiger partial charge on any atom is -0.480 e. The van der Waals surface area contributed by atoms with Gasteiger partial charge in [-0.25, -0.2) is 9.59 Å². The molecule has 0 spiro atoms. The Morgan fingerprint density at radius 2 is 1.94 bits per heavy atom. The molecule has 2 heterocycles. The van der Waals surface area contributed by atoms with Gasteiger partial charge in [0.1, 0.15) is 23.5 Å². The molecular weight excluding hydrogens is 434 g/mol. The predicted molar refractivity (Wildman–Crippen MR) is 118 cm³/mol. The molecule has 1 aromatic rings. The summed E-state index contributed by atoms with van der Waals surface area (Å²) in [5, 5.41) is 14.9. The molecule has 1 unspecified atom stereocenters. The zero-order chi connectivity index (χ0) is 23.6. The number of carboxylic acid groups (broad SMARTS) is 1. The number of esters is 1. The van der Waals surface area contributed by atoms with Gasteiger partial charge in [0.25, 0.3) is 0 Å². The van der Waals surface area contributed by atoms with Crippen LogP contribution >= 0.6 is 11.8 Å². The third kappa shape index (κ3) is 4.59. The van der Waals surface area contributed by atoms with Gasteiger partial charge in [-0.15, -0.1) is 11.8 Å². The molecule has 0 saturated carbocycles. The fourth-order valence-electron chi connectivity index (χ4n) is 3.96. The first-order valence-electron chi connectivity index (χ1n) is 10.3. The van der Waals surface area contributed by atoms with Gasteiger partial charge < -0.3 is 25.4 Å². The highest BCUT2D eigenvalue weighted by Gasteiger charge is 2.64. The van der Waals surface area contributed by atoms with Gasteiger partial charge in [0.05, 0.1) is 6.61 Å². The molecule has 3 rings (SSSR count). The Kier molecular flexibility index (Phi) is 6.82. The van der Waals surface area contributed by atoms with E-state index in [-0.39, 0.29) is 6.61 Å². The monoisotopic (exact) mass is 461 g/mol. The first-order chi connectivity index (χ1) is 15.1. The number of nitrogens with zero attached hydrogens (tertiary/aromatic N) is 1. The Morgan fingerprint density at radius 3 is 2.53 bits per heavy atom. The highest BCUT2D eigenvalue weighted by molar-refractivity contribution is 8.01. The van der Waals surface area contributed by atoms with Crippen LogP contribution in [0.15, 0.2) is 42.1 Å². The lowest BCUT2D eigenvalue weighted by Crippen LogP contribution is -2.71. The van der Waals surface area contributed by atoms with Gasteiger partial charge in [0.15, 0.2) is 0 Å². The smallest absolute Gasteiger partial charge is 0.332 e. The number of fused-ring (bicyclic) bond motifs is 1. The van der Waals surface area contributed by atoms with Crippen molar-refractivity contribution >= 4 is 35.5 Å². The van der Waals surface area contributed by atoms with E-state index in [0.29, 0.717) is 11.3 Å². The number of ether oxygens (including phenoxy) is 1. The van der Waals surface area contributed by atoms with Crippen LogP contribution in [0.1, 0.15) is 39.3 Å². The summed E-state index contributed by atoms with van der Waals surface area (Å²) in [6, 6.07) is 6.27. The largest absolute Gasteiger partial charge is 0.480 e. The van der Waals surface area contributed by atoms with Crippen molar-refractivity contribution in [3.05, 3.63) is 47.7 Å². The van der Waals surface area contributed by atoms with Crippen molar-refractivity contribution in [2.24, 2.45) is 0 Å². The summed E-state index contributed by atoms with van der Waals surface area (Å²) >= 11 is 1.36. The molecule has 2 fully saturated rings. The minimum atomic E-state index is -1.06. The molecule has 172 valence electrons. The van der Waals surface area contributed by atoms with Crippen molar-refractivity contribution in [1.82, 2.24) is 15.5 Å². The van der Waals surface area contributed by atoms with E-state index in [1.807, 2.05) is 6.07 Å². The number of thioether (sulfide) groups is 1. The number of nitrogens with one attached hydrogen (secondary N) is 2. The summed E-state index contributed by atoms with van der Waals surface area (Å²) in [5.41, 5.74) is 1.07. The van der Waals surface area contributed by atoms with Crippen molar-refractivity contribution in [2.75, 3.05) is 6.61 Å². The molecule has 0 radical (unpaired) electrons. The van der Waals surface area contributed by atoms with Crippen LogP contribution in [0.25, 0.3) is 0 Å². The Labute approximate surface area is 190 Å². The zero-order valence-electron chi connectivity index (χ0n) is 18.3. The third-order valence-corrected chi connectivity index (χ3v) is 6.93. The first kappa shape index (κ1) is 23.6.